The molecule has 66 valence electrons. The molecule has 0 aromatic carbocycles. The van der Waals surface area contributed by atoms with Gasteiger partial charge in [-0.25, -0.2) is 0 Å². The maximum Gasteiger partial charge on any atom is 0.143 e. The van der Waals surface area contributed by atoms with Gasteiger partial charge in [0.15, 0.2) is 0 Å². The largest absolute Gasteiger partial charge is 0.391 e. The van der Waals surface area contributed by atoms with Crippen LogP contribution in [0.5, 0.6) is 0 Å². The van der Waals surface area contributed by atoms with Crippen LogP contribution in [-0.4, -0.2) is 5.71 Å². The predicted molar refractivity (Wildman–Crippen MR) is 52.9 cm³/mol. The van der Waals surface area contributed by atoms with Gasteiger partial charge in [-0.1, -0.05) is 16.8 Å². The second-order valence-electron chi connectivity index (χ2n) is 2.57. The van der Waals surface area contributed by atoms with Crippen molar-refractivity contribution in [3.63, 3.8) is 0 Å². The van der Waals surface area contributed by atoms with E-state index in [1.807, 2.05) is 25.3 Å². The highest BCUT2D eigenvalue weighted by atomic mass is 35.5. The van der Waals surface area contributed by atoms with Crippen molar-refractivity contribution >= 4 is 28.6 Å². The Labute approximate surface area is 80.8 Å². The molecule has 0 unspecified atom stereocenters. The SMILES string of the molecule is CC(C)=NOCc1csc(Cl)c1. The van der Waals surface area contributed by atoms with Crippen LogP contribution in [0.25, 0.3) is 0 Å². The van der Waals surface area contributed by atoms with Crippen LogP contribution >= 0.6 is 22.9 Å². The molecule has 1 heterocycles. The Kier molecular flexibility index (Phi) is 3.56. The first-order chi connectivity index (χ1) is 5.68. The van der Waals surface area contributed by atoms with Crippen LogP contribution in [0.1, 0.15) is 19.4 Å². The van der Waals surface area contributed by atoms with Crippen molar-refractivity contribution < 1.29 is 4.84 Å². The zero-order valence-electron chi connectivity index (χ0n) is 7.00. The van der Waals surface area contributed by atoms with Gasteiger partial charge in [0.2, 0.25) is 0 Å². The maximum absolute atomic E-state index is 5.73. The highest BCUT2D eigenvalue weighted by molar-refractivity contribution is 7.14. The normalized spacial score (nSPS) is 9.58. The van der Waals surface area contributed by atoms with Crippen LogP contribution in [0.4, 0.5) is 0 Å². The summed E-state index contributed by atoms with van der Waals surface area (Å²) in [6.07, 6.45) is 0. The summed E-state index contributed by atoms with van der Waals surface area (Å²) >= 11 is 7.23. The van der Waals surface area contributed by atoms with Crippen molar-refractivity contribution in [2.75, 3.05) is 0 Å². The average molecular weight is 204 g/mol. The van der Waals surface area contributed by atoms with Crippen molar-refractivity contribution in [3.8, 4) is 0 Å². The van der Waals surface area contributed by atoms with E-state index in [-0.39, 0.29) is 0 Å². The predicted octanol–water partition coefficient (Wildman–Crippen LogP) is 3.31. The number of rotatable bonds is 3. The Morgan fingerprint density at radius 2 is 2.42 bits per heavy atom. The Morgan fingerprint density at radius 3 is 2.92 bits per heavy atom. The molecule has 12 heavy (non-hydrogen) atoms. The number of hydrogen-bond acceptors (Lipinski definition) is 3. The van der Waals surface area contributed by atoms with Gasteiger partial charge in [0.05, 0.1) is 10.0 Å². The highest BCUT2D eigenvalue weighted by Gasteiger charge is 1.96. The van der Waals surface area contributed by atoms with Gasteiger partial charge < -0.3 is 4.84 Å². The molecular weight excluding hydrogens is 194 g/mol. The Balaban J connectivity index is 2.38. The van der Waals surface area contributed by atoms with E-state index < -0.39 is 0 Å². The first kappa shape index (κ1) is 9.55. The van der Waals surface area contributed by atoms with Crippen molar-refractivity contribution in [2.24, 2.45) is 5.16 Å². The number of thiophene rings is 1. The van der Waals surface area contributed by atoms with Crippen molar-refractivity contribution in [2.45, 2.75) is 20.5 Å². The van der Waals surface area contributed by atoms with Crippen LogP contribution < -0.4 is 0 Å². The molecular formula is C8H10ClNOS. The van der Waals surface area contributed by atoms with E-state index in [0.29, 0.717) is 6.61 Å². The molecule has 0 aliphatic carbocycles. The fourth-order valence-corrected chi connectivity index (χ4v) is 1.55. The first-order valence-electron chi connectivity index (χ1n) is 3.54. The van der Waals surface area contributed by atoms with E-state index in [0.717, 1.165) is 15.6 Å². The number of halogens is 1. The molecule has 1 aromatic rings. The maximum atomic E-state index is 5.73. The van der Waals surface area contributed by atoms with Crippen LogP contribution in [-0.2, 0) is 11.4 Å². The molecule has 0 fully saturated rings. The molecule has 0 bridgehead atoms. The minimum Gasteiger partial charge on any atom is -0.391 e. The quantitative estimate of drug-likeness (QED) is 0.546. The fraction of sp³-hybridized carbons (Fsp3) is 0.375. The summed E-state index contributed by atoms with van der Waals surface area (Å²) in [6.45, 7) is 4.27. The molecule has 0 aliphatic heterocycles. The molecule has 1 rings (SSSR count). The van der Waals surface area contributed by atoms with Gasteiger partial charge in [-0.05, 0) is 25.3 Å². The monoisotopic (exact) mass is 203 g/mol. The molecule has 0 atom stereocenters. The molecule has 0 amide bonds. The Morgan fingerprint density at radius 1 is 1.67 bits per heavy atom. The molecule has 0 aliphatic rings. The van der Waals surface area contributed by atoms with E-state index in [1.54, 1.807) is 0 Å². The first-order valence-corrected chi connectivity index (χ1v) is 4.80. The summed E-state index contributed by atoms with van der Waals surface area (Å²) < 4.78 is 0.783. The summed E-state index contributed by atoms with van der Waals surface area (Å²) in [6, 6.07) is 1.88. The van der Waals surface area contributed by atoms with Gasteiger partial charge in [-0.2, -0.15) is 0 Å². The minimum absolute atomic E-state index is 0.494. The summed E-state index contributed by atoms with van der Waals surface area (Å²) in [5.41, 5.74) is 1.98. The van der Waals surface area contributed by atoms with E-state index in [2.05, 4.69) is 5.16 Å². The van der Waals surface area contributed by atoms with Crippen molar-refractivity contribution in [1.29, 1.82) is 0 Å². The smallest absolute Gasteiger partial charge is 0.143 e. The Bertz CT molecular complexity index is 278. The summed E-state index contributed by atoms with van der Waals surface area (Å²) in [4.78, 5) is 5.03. The molecule has 0 saturated heterocycles. The second-order valence-corrected chi connectivity index (χ2v) is 4.11. The molecule has 0 N–H and O–H groups in total. The lowest BCUT2D eigenvalue weighted by Gasteiger charge is -1.95. The molecule has 4 heteroatoms. The fourth-order valence-electron chi connectivity index (χ4n) is 0.657. The van der Waals surface area contributed by atoms with Crippen molar-refractivity contribution in [3.05, 3.63) is 21.3 Å². The lowest BCUT2D eigenvalue weighted by atomic mass is 10.4. The van der Waals surface area contributed by atoms with Gasteiger partial charge in [-0.3, -0.25) is 0 Å². The number of oxime groups is 1. The van der Waals surface area contributed by atoms with Crippen molar-refractivity contribution in [1.82, 2.24) is 0 Å². The van der Waals surface area contributed by atoms with Crippen LogP contribution in [0.2, 0.25) is 4.34 Å². The third kappa shape index (κ3) is 3.24. The molecule has 0 spiro atoms. The van der Waals surface area contributed by atoms with Gasteiger partial charge >= 0.3 is 0 Å². The van der Waals surface area contributed by atoms with Crippen LogP contribution in [0.15, 0.2) is 16.6 Å². The van der Waals surface area contributed by atoms with E-state index in [1.165, 1.54) is 11.3 Å². The average Bonchev–Trinajstić information content (AvgIpc) is 2.35. The van der Waals surface area contributed by atoms with Gasteiger partial charge in [0, 0.05) is 5.56 Å². The summed E-state index contributed by atoms with van der Waals surface area (Å²) in [7, 11) is 0. The molecule has 0 saturated carbocycles. The van der Waals surface area contributed by atoms with E-state index in [9.17, 15) is 0 Å². The number of nitrogens with zero attached hydrogens (tertiary/aromatic N) is 1. The standard InChI is InChI=1S/C8H10ClNOS/c1-6(2)10-11-4-7-3-8(9)12-5-7/h3,5H,4H2,1-2H3. The lowest BCUT2D eigenvalue weighted by Crippen LogP contribution is -1.87. The molecule has 2 nitrogen and oxygen atoms in total. The van der Waals surface area contributed by atoms with Crippen LogP contribution in [0, 0.1) is 0 Å². The Hall–Kier alpha value is -0.540. The number of hydrogen-bond donors (Lipinski definition) is 0. The highest BCUT2D eigenvalue weighted by Crippen LogP contribution is 2.20. The third-order valence-corrected chi connectivity index (χ3v) is 2.24. The minimum atomic E-state index is 0.494. The third-order valence-electron chi connectivity index (χ3n) is 1.10. The van der Waals surface area contributed by atoms with E-state index >= 15 is 0 Å². The summed E-state index contributed by atoms with van der Waals surface area (Å²) in [5, 5.41) is 5.77. The van der Waals surface area contributed by atoms with Gasteiger partial charge in [-0.15, -0.1) is 11.3 Å². The van der Waals surface area contributed by atoms with Gasteiger partial charge in [0.1, 0.15) is 6.61 Å². The summed E-state index contributed by atoms with van der Waals surface area (Å²) in [5.74, 6) is 0. The zero-order valence-corrected chi connectivity index (χ0v) is 8.58. The molecule has 0 radical (unpaired) electrons. The topological polar surface area (TPSA) is 21.6 Å². The lowest BCUT2D eigenvalue weighted by molar-refractivity contribution is 0.130. The zero-order chi connectivity index (χ0) is 8.97. The van der Waals surface area contributed by atoms with Crippen LogP contribution in [0.3, 0.4) is 0 Å². The second kappa shape index (κ2) is 4.48. The van der Waals surface area contributed by atoms with E-state index in [4.69, 9.17) is 16.4 Å². The molecule has 1 aromatic heterocycles. The van der Waals surface area contributed by atoms with Gasteiger partial charge in [0.25, 0.3) is 0 Å².